The first-order chi connectivity index (χ1) is 15.9. The van der Waals surface area contributed by atoms with Gasteiger partial charge in [-0.1, -0.05) is 30.3 Å². The van der Waals surface area contributed by atoms with Gasteiger partial charge < -0.3 is 24.8 Å². The first-order valence-electron chi connectivity index (χ1n) is 11.0. The number of carboxylic acid groups (broad SMARTS) is 2. The lowest BCUT2D eigenvalue weighted by molar-refractivity contribution is -0.134. The summed E-state index contributed by atoms with van der Waals surface area (Å²) in [5, 5.41) is 17.1. The van der Waals surface area contributed by atoms with Gasteiger partial charge in [-0.3, -0.25) is 0 Å². The number of piperidine rings is 1. The summed E-state index contributed by atoms with van der Waals surface area (Å²) in [6, 6.07) is 17.5. The number of carbonyl (C=O) groups is 2. The Morgan fingerprint density at radius 2 is 1.82 bits per heavy atom. The van der Waals surface area contributed by atoms with Crippen LogP contribution >= 0.6 is 0 Å². The van der Waals surface area contributed by atoms with Crippen LogP contribution in [0.5, 0.6) is 5.75 Å². The SMILES string of the molecule is CN1CC(COc2ccccc2)C[C@@H]2c3cccc4[nH]cc(c34)C[C@H]21.O=C(O)/C=C\C(=O)O. The Kier molecular flexibility index (Phi) is 6.79. The van der Waals surface area contributed by atoms with Gasteiger partial charge in [0.25, 0.3) is 0 Å². The number of nitrogens with one attached hydrogen (secondary N) is 1. The molecule has 5 rings (SSSR count). The summed E-state index contributed by atoms with van der Waals surface area (Å²) < 4.78 is 6.07. The molecule has 3 aromatic rings. The van der Waals surface area contributed by atoms with Gasteiger partial charge in [0.1, 0.15) is 5.75 Å². The molecule has 0 spiro atoms. The standard InChI is InChI=1S/C22H24N2O.C4H4O4/c1-24-13-15(14-25-17-6-3-2-4-7-17)10-19-18-8-5-9-20-22(18)16(12-23-20)11-21(19)24;5-3(6)1-2-4(7)8/h2-9,12,15,19,21,23H,10-11,13-14H2,1H3;1-2H,(H,5,6)(H,7,8)/b;2-1-/t15?,19-,21-;/m1./s1. The second kappa shape index (κ2) is 9.92. The van der Waals surface area contributed by atoms with Gasteiger partial charge in [-0.25, -0.2) is 9.59 Å². The maximum absolute atomic E-state index is 9.55. The third-order valence-electron chi connectivity index (χ3n) is 6.41. The molecule has 0 saturated carbocycles. The normalized spacial score (nSPS) is 21.8. The first kappa shape index (κ1) is 22.6. The van der Waals surface area contributed by atoms with Gasteiger partial charge >= 0.3 is 11.9 Å². The molecule has 1 aliphatic carbocycles. The molecule has 2 aromatic carbocycles. The summed E-state index contributed by atoms with van der Waals surface area (Å²) in [5.74, 6) is -0.358. The highest BCUT2D eigenvalue weighted by molar-refractivity contribution is 5.89. The van der Waals surface area contributed by atoms with Crippen molar-refractivity contribution >= 4 is 22.8 Å². The van der Waals surface area contributed by atoms with Gasteiger partial charge in [0.15, 0.2) is 0 Å². The van der Waals surface area contributed by atoms with E-state index in [0.29, 0.717) is 30.0 Å². The molecule has 172 valence electrons. The third-order valence-corrected chi connectivity index (χ3v) is 6.41. The summed E-state index contributed by atoms with van der Waals surface area (Å²) in [7, 11) is 2.28. The number of rotatable bonds is 5. The van der Waals surface area contributed by atoms with E-state index in [1.807, 2.05) is 30.3 Å². The predicted octanol–water partition coefficient (Wildman–Crippen LogP) is 3.92. The van der Waals surface area contributed by atoms with Crippen molar-refractivity contribution in [3.8, 4) is 5.75 Å². The predicted molar refractivity (Wildman–Crippen MR) is 126 cm³/mol. The van der Waals surface area contributed by atoms with Crippen LogP contribution in [-0.4, -0.2) is 58.3 Å². The number of benzene rings is 2. The molecule has 1 aromatic heterocycles. The van der Waals surface area contributed by atoms with E-state index < -0.39 is 11.9 Å². The van der Waals surface area contributed by atoms with E-state index in [1.165, 1.54) is 28.5 Å². The van der Waals surface area contributed by atoms with Gasteiger partial charge in [0, 0.05) is 53.7 Å². The first-order valence-corrected chi connectivity index (χ1v) is 11.0. The lowest BCUT2D eigenvalue weighted by atomic mass is 9.72. The van der Waals surface area contributed by atoms with Crippen LogP contribution in [0.2, 0.25) is 0 Å². The molecule has 3 atom stereocenters. The fourth-order valence-electron chi connectivity index (χ4n) is 5.05. The topological polar surface area (TPSA) is 103 Å². The zero-order chi connectivity index (χ0) is 23.4. The Labute approximate surface area is 192 Å². The van der Waals surface area contributed by atoms with Crippen LogP contribution < -0.4 is 4.74 Å². The van der Waals surface area contributed by atoms with Gasteiger partial charge in [0.2, 0.25) is 0 Å². The van der Waals surface area contributed by atoms with Crippen LogP contribution in [0.3, 0.4) is 0 Å². The molecule has 7 heteroatoms. The average Bonchev–Trinajstić information content (AvgIpc) is 3.22. The molecule has 1 aliphatic heterocycles. The van der Waals surface area contributed by atoms with Crippen LogP contribution in [0, 0.1) is 5.92 Å². The summed E-state index contributed by atoms with van der Waals surface area (Å²) in [4.78, 5) is 25.1. The molecule has 1 fully saturated rings. The highest BCUT2D eigenvalue weighted by Crippen LogP contribution is 2.44. The molecule has 0 bridgehead atoms. The Morgan fingerprint density at radius 3 is 2.52 bits per heavy atom. The number of nitrogens with zero attached hydrogens (tertiary/aromatic N) is 1. The summed E-state index contributed by atoms with van der Waals surface area (Å²) in [5.41, 5.74) is 4.30. The summed E-state index contributed by atoms with van der Waals surface area (Å²) in [6.45, 7) is 1.91. The number of likely N-dealkylation sites (tertiary alicyclic amines) is 1. The van der Waals surface area contributed by atoms with E-state index in [-0.39, 0.29) is 0 Å². The molecular formula is C26H28N2O5. The number of aromatic nitrogens is 1. The van der Waals surface area contributed by atoms with Crippen LogP contribution in [0.1, 0.15) is 23.5 Å². The van der Waals surface area contributed by atoms with Crippen LogP contribution in [0.4, 0.5) is 0 Å². The molecular weight excluding hydrogens is 420 g/mol. The fraction of sp³-hybridized carbons (Fsp3) is 0.308. The second-order valence-electron chi connectivity index (χ2n) is 8.64. The van der Waals surface area contributed by atoms with Crippen molar-refractivity contribution in [1.82, 2.24) is 9.88 Å². The van der Waals surface area contributed by atoms with Crippen molar-refractivity contribution in [3.63, 3.8) is 0 Å². The number of hydrogen-bond acceptors (Lipinski definition) is 4. The molecule has 0 radical (unpaired) electrons. The van der Waals surface area contributed by atoms with Crippen LogP contribution in [-0.2, 0) is 16.0 Å². The lowest BCUT2D eigenvalue weighted by Gasteiger charge is -2.45. The Morgan fingerprint density at radius 1 is 1.09 bits per heavy atom. The third kappa shape index (κ3) is 5.26. The van der Waals surface area contributed by atoms with Crippen molar-refractivity contribution in [2.45, 2.75) is 24.8 Å². The fourth-order valence-corrected chi connectivity index (χ4v) is 5.05. The van der Waals surface area contributed by atoms with Crippen molar-refractivity contribution in [1.29, 1.82) is 0 Å². The zero-order valence-corrected chi connectivity index (χ0v) is 18.5. The van der Waals surface area contributed by atoms with Gasteiger partial charge in [0.05, 0.1) is 6.61 Å². The Balaban J connectivity index is 0.000000281. The summed E-state index contributed by atoms with van der Waals surface area (Å²) in [6.07, 6.45) is 5.70. The number of hydrogen-bond donors (Lipinski definition) is 3. The molecule has 1 saturated heterocycles. The number of para-hydroxylation sites is 1. The Bertz CT molecular complexity index is 1140. The van der Waals surface area contributed by atoms with E-state index >= 15 is 0 Å². The van der Waals surface area contributed by atoms with Crippen molar-refractivity contribution < 1.29 is 24.5 Å². The minimum absolute atomic E-state index is 0.558. The van der Waals surface area contributed by atoms with Crippen molar-refractivity contribution in [3.05, 3.63) is 78.0 Å². The molecule has 7 nitrogen and oxygen atoms in total. The molecule has 2 heterocycles. The molecule has 0 amide bonds. The second-order valence-corrected chi connectivity index (χ2v) is 8.64. The number of fused-ring (bicyclic) bond motifs is 2. The Hall–Kier alpha value is -3.58. The minimum atomic E-state index is -1.26. The number of likely N-dealkylation sites (N-methyl/N-ethyl adjacent to an activating group) is 1. The van der Waals surface area contributed by atoms with Crippen LogP contribution in [0.15, 0.2) is 66.9 Å². The maximum Gasteiger partial charge on any atom is 0.328 e. The highest BCUT2D eigenvalue weighted by Gasteiger charge is 2.39. The number of carboxylic acids is 2. The average molecular weight is 449 g/mol. The zero-order valence-electron chi connectivity index (χ0n) is 18.5. The van der Waals surface area contributed by atoms with Gasteiger partial charge in [-0.05, 0) is 49.2 Å². The van der Waals surface area contributed by atoms with Crippen molar-refractivity contribution in [2.75, 3.05) is 20.2 Å². The number of aromatic amines is 1. The quantitative estimate of drug-likeness (QED) is 0.511. The van der Waals surface area contributed by atoms with E-state index in [1.54, 1.807) is 0 Å². The van der Waals surface area contributed by atoms with E-state index in [9.17, 15) is 9.59 Å². The van der Waals surface area contributed by atoms with Crippen molar-refractivity contribution in [2.24, 2.45) is 5.92 Å². The monoisotopic (exact) mass is 448 g/mol. The van der Waals surface area contributed by atoms with E-state index in [2.05, 4.69) is 41.3 Å². The largest absolute Gasteiger partial charge is 0.493 e. The van der Waals surface area contributed by atoms with Gasteiger partial charge in [-0.15, -0.1) is 0 Å². The van der Waals surface area contributed by atoms with E-state index in [0.717, 1.165) is 25.3 Å². The molecule has 1 unspecified atom stereocenters. The number of H-pyrrole nitrogens is 1. The smallest absolute Gasteiger partial charge is 0.328 e. The molecule has 2 aliphatic rings. The minimum Gasteiger partial charge on any atom is -0.493 e. The van der Waals surface area contributed by atoms with E-state index in [4.69, 9.17) is 14.9 Å². The summed E-state index contributed by atoms with van der Waals surface area (Å²) >= 11 is 0. The number of aliphatic carboxylic acids is 2. The molecule has 3 N–H and O–H groups in total. The van der Waals surface area contributed by atoms with Gasteiger partial charge in [-0.2, -0.15) is 0 Å². The number of ether oxygens (including phenoxy) is 1. The lowest BCUT2D eigenvalue weighted by Crippen LogP contribution is -2.49. The van der Waals surface area contributed by atoms with Crippen LogP contribution in [0.25, 0.3) is 10.9 Å². The highest BCUT2D eigenvalue weighted by atomic mass is 16.5. The maximum atomic E-state index is 9.55. The molecule has 33 heavy (non-hydrogen) atoms.